The molecule has 0 saturated carbocycles. The Morgan fingerprint density at radius 3 is 1.96 bits per heavy atom. The molecule has 0 saturated heterocycles. The summed E-state index contributed by atoms with van der Waals surface area (Å²) in [6.45, 7) is 1.45. The Morgan fingerprint density at radius 1 is 0.964 bits per heavy atom. The van der Waals surface area contributed by atoms with Crippen LogP contribution in [-0.2, 0) is 14.8 Å². The molecule has 0 spiro atoms. The number of carbonyl (C=O) groups excluding carboxylic acids is 2. The van der Waals surface area contributed by atoms with Crippen molar-refractivity contribution in [1.82, 2.24) is 0 Å². The normalized spacial score (nSPS) is 12.0. The highest BCUT2D eigenvalue weighted by atomic mass is 32.2. The number of hydrogen-bond donors (Lipinski definition) is 1. The van der Waals surface area contributed by atoms with E-state index in [1.165, 1.54) is 45.4 Å². The smallest absolute Gasteiger partial charge is 0.346 e. The predicted molar refractivity (Wildman–Crippen MR) is 104 cm³/mol. The van der Waals surface area contributed by atoms with Gasteiger partial charge in [0.25, 0.3) is 0 Å². The first-order valence-electron chi connectivity index (χ1n) is 8.20. The quantitative estimate of drug-likeness (QED) is 0.529. The molecular formula is C19H21NO7S. The number of ketones is 1. The van der Waals surface area contributed by atoms with E-state index in [0.29, 0.717) is 5.69 Å². The van der Waals surface area contributed by atoms with Crippen molar-refractivity contribution in [3.8, 4) is 11.5 Å². The Labute approximate surface area is 163 Å². The van der Waals surface area contributed by atoms with Crippen LogP contribution in [0.2, 0.25) is 0 Å². The molecule has 1 atom stereocenters. The van der Waals surface area contributed by atoms with Gasteiger partial charge in [0.2, 0.25) is 15.8 Å². The zero-order valence-corrected chi connectivity index (χ0v) is 16.7. The summed E-state index contributed by atoms with van der Waals surface area (Å²) >= 11 is 0. The van der Waals surface area contributed by atoms with Gasteiger partial charge in [0.15, 0.2) is 6.10 Å². The molecule has 0 aliphatic rings. The molecule has 2 rings (SSSR count). The summed E-state index contributed by atoms with van der Waals surface area (Å²) in [5.74, 6) is -0.668. The second kappa shape index (κ2) is 8.75. The van der Waals surface area contributed by atoms with Gasteiger partial charge in [-0.1, -0.05) is 6.07 Å². The van der Waals surface area contributed by atoms with Gasteiger partial charge in [-0.15, -0.1) is 0 Å². The Balaban J connectivity index is 2.15. The lowest BCUT2D eigenvalue weighted by atomic mass is 10.1. The highest BCUT2D eigenvalue weighted by Gasteiger charge is 2.25. The van der Waals surface area contributed by atoms with Crippen LogP contribution in [0.15, 0.2) is 42.5 Å². The van der Waals surface area contributed by atoms with Crippen LogP contribution < -0.4 is 14.2 Å². The molecule has 9 heteroatoms. The van der Waals surface area contributed by atoms with Crippen LogP contribution in [0.1, 0.15) is 27.6 Å². The van der Waals surface area contributed by atoms with Crippen LogP contribution in [0.25, 0.3) is 0 Å². The van der Waals surface area contributed by atoms with Crippen molar-refractivity contribution in [2.75, 3.05) is 25.2 Å². The van der Waals surface area contributed by atoms with E-state index in [2.05, 4.69) is 4.72 Å². The van der Waals surface area contributed by atoms with Crippen molar-refractivity contribution in [3.05, 3.63) is 53.6 Å². The second-order valence-corrected chi connectivity index (χ2v) is 7.65. The average Bonchev–Trinajstić information content (AvgIpc) is 2.65. The summed E-state index contributed by atoms with van der Waals surface area (Å²) in [6, 6.07) is 10.6. The van der Waals surface area contributed by atoms with Crippen LogP contribution in [0, 0.1) is 0 Å². The number of benzene rings is 2. The SMILES string of the molecule is COc1cccc(OC)c1C(=O)O[C@H](C)C(=O)c1ccc(NS(C)(=O)=O)cc1. The molecule has 0 bridgehead atoms. The Kier molecular flexibility index (Phi) is 6.63. The third-order valence-corrected chi connectivity index (χ3v) is 4.36. The number of hydrogen-bond acceptors (Lipinski definition) is 7. The number of methoxy groups -OCH3 is 2. The molecule has 1 N–H and O–H groups in total. The Hall–Kier alpha value is -3.07. The first-order chi connectivity index (χ1) is 13.2. The van der Waals surface area contributed by atoms with E-state index in [-0.39, 0.29) is 22.6 Å². The van der Waals surface area contributed by atoms with Gasteiger partial charge >= 0.3 is 5.97 Å². The van der Waals surface area contributed by atoms with Crippen LogP contribution in [0.3, 0.4) is 0 Å². The summed E-state index contributed by atoms with van der Waals surface area (Å²) < 4.78 is 40.4. The zero-order chi connectivity index (χ0) is 20.9. The largest absolute Gasteiger partial charge is 0.496 e. The van der Waals surface area contributed by atoms with E-state index >= 15 is 0 Å². The standard InChI is InChI=1S/C19H21NO7S/c1-12(18(21)13-8-10-14(11-9-13)20-28(4,23)24)27-19(22)17-15(25-2)6-5-7-16(17)26-3/h5-12,20H,1-4H3/t12-/m1/s1. The molecule has 2 aromatic rings. The topological polar surface area (TPSA) is 108 Å². The number of Topliss-reactive ketones (excluding diaryl/α,β-unsaturated/α-hetero) is 1. The summed E-state index contributed by atoms with van der Waals surface area (Å²) in [6.07, 6.45) is -0.0458. The molecule has 8 nitrogen and oxygen atoms in total. The van der Waals surface area contributed by atoms with Crippen molar-refractivity contribution in [3.63, 3.8) is 0 Å². The Bertz CT molecular complexity index is 946. The maximum absolute atomic E-state index is 12.5. The fourth-order valence-corrected chi connectivity index (χ4v) is 3.04. The van der Waals surface area contributed by atoms with Crippen molar-refractivity contribution in [1.29, 1.82) is 0 Å². The number of ether oxygens (including phenoxy) is 3. The Morgan fingerprint density at radius 2 is 1.50 bits per heavy atom. The third-order valence-electron chi connectivity index (χ3n) is 3.76. The minimum Gasteiger partial charge on any atom is -0.496 e. The molecule has 0 aromatic heterocycles. The predicted octanol–water partition coefficient (Wildman–Crippen LogP) is 2.50. The maximum Gasteiger partial charge on any atom is 0.346 e. The lowest BCUT2D eigenvalue weighted by molar-refractivity contribution is 0.0313. The highest BCUT2D eigenvalue weighted by Crippen LogP contribution is 2.29. The number of carbonyl (C=O) groups is 2. The molecule has 0 unspecified atom stereocenters. The fourth-order valence-electron chi connectivity index (χ4n) is 2.48. The number of esters is 1. The first kappa shape index (κ1) is 21.2. The summed E-state index contributed by atoms with van der Waals surface area (Å²) in [7, 11) is -0.597. The van der Waals surface area contributed by atoms with Gasteiger partial charge in [0.1, 0.15) is 17.1 Å². The molecular weight excluding hydrogens is 386 g/mol. The lowest BCUT2D eigenvalue weighted by Crippen LogP contribution is -2.25. The number of sulfonamides is 1. The van der Waals surface area contributed by atoms with Gasteiger partial charge in [-0.3, -0.25) is 9.52 Å². The molecule has 0 heterocycles. The number of nitrogens with one attached hydrogen (secondary N) is 1. The summed E-state index contributed by atoms with van der Waals surface area (Å²) in [4.78, 5) is 25.1. The molecule has 0 radical (unpaired) electrons. The van der Waals surface area contributed by atoms with Gasteiger partial charge < -0.3 is 14.2 Å². The average molecular weight is 407 g/mol. The molecule has 0 aliphatic heterocycles. The van der Waals surface area contributed by atoms with Crippen LogP contribution in [0.4, 0.5) is 5.69 Å². The molecule has 0 aliphatic carbocycles. The minimum absolute atomic E-state index is 0.0832. The van der Waals surface area contributed by atoms with Gasteiger partial charge in [-0.2, -0.15) is 0 Å². The summed E-state index contributed by atoms with van der Waals surface area (Å²) in [5.41, 5.74) is 0.675. The van der Waals surface area contributed by atoms with E-state index in [1.54, 1.807) is 18.2 Å². The van der Waals surface area contributed by atoms with Gasteiger partial charge in [0.05, 0.1) is 20.5 Å². The van der Waals surface area contributed by atoms with Gasteiger partial charge in [-0.05, 0) is 43.3 Å². The van der Waals surface area contributed by atoms with Crippen molar-refractivity contribution in [2.45, 2.75) is 13.0 Å². The first-order valence-corrected chi connectivity index (χ1v) is 10.1. The second-order valence-electron chi connectivity index (χ2n) is 5.90. The van der Waals surface area contributed by atoms with Crippen molar-refractivity contribution >= 4 is 27.5 Å². The van der Waals surface area contributed by atoms with E-state index in [4.69, 9.17) is 14.2 Å². The third kappa shape index (κ3) is 5.23. The molecule has 2 aromatic carbocycles. The molecule has 28 heavy (non-hydrogen) atoms. The molecule has 0 fully saturated rings. The van der Waals surface area contributed by atoms with Crippen LogP contribution in [-0.4, -0.2) is 46.7 Å². The zero-order valence-electron chi connectivity index (χ0n) is 15.9. The molecule has 0 amide bonds. The number of rotatable bonds is 8. The fraction of sp³-hybridized carbons (Fsp3) is 0.263. The van der Waals surface area contributed by atoms with E-state index in [1.807, 2.05) is 0 Å². The lowest BCUT2D eigenvalue weighted by Gasteiger charge is -2.16. The molecule has 150 valence electrons. The minimum atomic E-state index is -3.41. The van der Waals surface area contributed by atoms with Crippen LogP contribution in [0.5, 0.6) is 11.5 Å². The van der Waals surface area contributed by atoms with Crippen molar-refractivity contribution in [2.24, 2.45) is 0 Å². The van der Waals surface area contributed by atoms with Gasteiger partial charge in [-0.25, -0.2) is 13.2 Å². The number of anilines is 1. The maximum atomic E-state index is 12.5. The monoisotopic (exact) mass is 407 g/mol. The van der Waals surface area contributed by atoms with E-state index < -0.39 is 27.9 Å². The van der Waals surface area contributed by atoms with E-state index in [0.717, 1.165) is 6.26 Å². The van der Waals surface area contributed by atoms with E-state index in [9.17, 15) is 18.0 Å². The van der Waals surface area contributed by atoms with Crippen molar-refractivity contribution < 1.29 is 32.2 Å². The highest BCUT2D eigenvalue weighted by molar-refractivity contribution is 7.92. The summed E-state index contributed by atoms with van der Waals surface area (Å²) in [5, 5.41) is 0. The van der Waals surface area contributed by atoms with Gasteiger partial charge in [0, 0.05) is 11.3 Å². The van der Waals surface area contributed by atoms with Crippen LogP contribution >= 0.6 is 0 Å².